The zero-order valence-corrected chi connectivity index (χ0v) is 13.5. The molecule has 0 aliphatic carbocycles. The van der Waals surface area contributed by atoms with Crippen LogP contribution in [0.1, 0.15) is 4.88 Å². The van der Waals surface area contributed by atoms with Crippen LogP contribution in [0.4, 0.5) is 0 Å². The molecule has 3 N–H and O–H groups in total. The molecule has 1 aromatic rings. The number of rotatable bonds is 5. The Bertz CT molecular complexity index is 673. The molecule has 3 atom stereocenters. The molecule has 0 aromatic carbocycles. The maximum Gasteiger partial charge on any atom is 0.330 e. The number of aliphatic carboxylic acids is 1. The molecule has 3 rings (SSSR count). The van der Waals surface area contributed by atoms with Gasteiger partial charge in [-0.25, -0.2) is 4.79 Å². The Morgan fingerprint density at radius 2 is 2.17 bits per heavy atom. The Kier molecular flexibility index (Phi) is 4.42. The highest BCUT2D eigenvalue weighted by Crippen LogP contribution is 2.39. The van der Waals surface area contributed by atoms with Gasteiger partial charge in [-0.3, -0.25) is 9.59 Å². The van der Waals surface area contributed by atoms with Gasteiger partial charge in [0.15, 0.2) is 6.04 Å². The molecule has 1 saturated heterocycles. The van der Waals surface area contributed by atoms with E-state index in [1.165, 1.54) is 28.0 Å². The second-order valence-electron chi connectivity index (χ2n) is 5.17. The summed E-state index contributed by atoms with van der Waals surface area (Å²) in [5, 5.41) is 24.2. The lowest BCUT2D eigenvalue weighted by molar-refractivity contribution is -0.160. The molecule has 9 heteroatoms. The van der Waals surface area contributed by atoms with Crippen LogP contribution in [0.3, 0.4) is 0 Å². The lowest BCUT2D eigenvalue weighted by Crippen LogP contribution is -2.74. The van der Waals surface area contributed by atoms with E-state index in [9.17, 15) is 24.6 Å². The predicted molar refractivity (Wildman–Crippen MR) is 84.8 cm³/mol. The third-order valence-corrected chi connectivity index (χ3v) is 5.81. The van der Waals surface area contributed by atoms with Crippen molar-refractivity contribution in [3.8, 4) is 0 Å². The minimum atomic E-state index is -1.19. The van der Waals surface area contributed by atoms with E-state index in [1.807, 2.05) is 17.5 Å². The third kappa shape index (κ3) is 2.87. The number of carbonyl (C=O) groups is 3. The highest BCUT2D eigenvalue weighted by Gasteiger charge is 2.55. The van der Waals surface area contributed by atoms with Crippen LogP contribution in [0.2, 0.25) is 0 Å². The van der Waals surface area contributed by atoms with Gasteiger partial charge in [-0.15, -0.1) is 23.1 Å². The van der Waals surface area contributed by atoms with E-state index in [0.29, 0.717) is 0 Å². The number of nitrogens with one attached hydrogen (secondary N) is 1. The Labute approximate surface area is 140 Å². The fraction of sp³-hybridized carbons (Fsp3) is 0.357. The number of fused-ring (bicyclic) bond motifs is 1. The van der Waals surface area contributed by atoms with E-state index in [2.05, 4.69) is 5.32 Å². The fourth-order valence-corrected chi connectivity index (χ4v) is 4.55. The number of carbonyl (C=O) groups excluding carboxylic acids is 2. The molecule has 0 radical (unpaired) electrons. The van der Waals surface area contributed by atoms with Crippen molar-refractivity contribution in [2.75, 3.05) is 6.61 Å². The van der Waals surface area contributed by atoms with Gasteiger partial charge in [0.05, 0.1) is 13.0 Å². The molecule has 1 fully saturated rings. The summed E-state index contributed by atoms with van der Waals surface area (Å²) in [6, 6.07) is 1.79. The molecule has 0 spiro atoms. The van der Waals surface area contributed by atoms with Crippen molar-refractivity contribution in [3.05, 3.63) is 33.4 Å². The quantitative estimate of drug-likeness (QED) is 0.644. The van der Waals surface area contributed by atoms with Gasteiger partial charge in [-0.1, -0.05) is 6.07 Å². The van der Waals surface area contributed by atoms with E-state index in [0.717, 1.165) is 4.88 Å². The van der Waals surface area contributed by atoms with Crippen LogP contribution in [-0.4, -0.2) is 57.0 Å². The average molecular weight is 354 g/mol. The summed E-state index contributed by atoms with van der Waals surface area (Å²) in [5.41, 5.74) is 0.274. The molecule has 3 heterocycles. The first-order chi connectivity index (χ1) is 11.0. The van der Waals surface area contributed by atoms with Gasteiger partial charge in [-0.05, 0) is 22.4 Å². The average Bonchev–Trinajstić information content (AvgIpc) is 3.03. The van der Waals surface area contributed by atoms with Gasteiger partial charge >= 0.3 is 5.97 Å². The van der Waals surface area contributed by atoms with Crippen LogP contribution in [-0.2, 0) is 20.8 Å². The summed E-state index contributed by atoms with van der Waals surface area (Å²) in [6.07, 6.45) is 0.193. The summed E-state index contributed by atoms with van der Waals surface area (Å²) in [6.45, 7) is -0.421. The maximum absolute atomic E-state index is 12.2. The Morgan fingerprint density at radius 3 is 2.78 bits per heavy atom. The summed E-state index contributed by atoms with van der Waals surface area (Å²) in [5.74, 6) is -1.89. The standard InChI is InChI=1S/C14H14N2O5S2/c17-5-7-6-23-13-10(12(19)16(13)11(7)14(20)21)15-9(18)4-8-2-1-3-22-8/h1-3,6,10-11,13,17H,4-5H2,(H,15,18)(H,20,21)/t10?,11?,13-/m1/s1. The first kappa shape index (κ1) is 16.0. The minimum Gasteiger partial charge on any atom is -0.479 e. The van der Waals surface area contributed by atoms with E-state index < -0.39 is 35.9 Å². The normalized spacial score (nSPS) is 26.1. The van der Waals surface area contributed by atoms with E-state index in [4.69, 9.17) is 0 Å². The monoisotopic (exact) mass is 354 g/mol. The first-order valence-electron chi connectivity index (χ1n) is 6.85. The van der Waals surface area contributed by atoms with Gasteiger partial charge < -0.3 is 20.4 Å². The maximum atomic E-state index is 12.2. The van der Waals surface area contributed by atoms with Crippen molar-refractivity contribution in [2.45, 2.75) is 23.9 Å². The SMILES string of the molecule is O=C(Cc1cccs1)NC1C(=O)N2C(C(=O)O)C(CO)=CS[C@H]12. The number of hydrogen-bond donors (Lipinski definition) is 3. The number of thiophene rings is 1. The molecule has 23 heavy (non-hydrogen) atoms. The lowest BCUT2D eigenvalue weighted by atomic mass is 9.98. The van der Waals surface area contributed by atoms with Crippen molar-refractivity contribution < 1.29 is 24.6 Å². The number of amides is 2. The van der Waals surface area contributed by atoms with Crippen LogP contribution in [0.15, 0.2) is 28.5 Å². The second-order valence-corrected chi connectivity index (χ2v) is 7.19. The van der Waals surface area contributed by atoms with Crippen molar-refractivity contribution in [1.82, 2.24) is 10.2 Å². The summed E-state index contributed by atoms with van der Waals surface area (Å²) in [4.78, 5) is 37.7. The van der Waals surface area contributed by atoms with Crippen LogP contribution in [0.25, 0.3) is 0 Å². The number of nitrogens with zero attached hydrogens (tertiary/aromatic N) is 1. The number of β-lactam (4-membered cyclic amide) rings is 1. The molecule has 122 valence electrons. The zero-order valence-electron chi connectivity index (χ0n) is 11.8. The molecule has 0 bridgehead atoms. The highest BCUT2D eigenvalue weighted by atomic mass is 32.2. The van der Waals surface area contributed by atoms with Gasteiger partial charge in [0.1, 0.15) is 11.4 Å². The zero-order chi connectivity index (χ0) is 16.6. The summed E-state index contributed by atoms with van der Waals surface area (Å²) < 4.78 is 0. The molecule has 7 nitrogen and oxygen atoms in total. The van der Waals surface area contributed by atoms with Crippen molar-refractivity contribution in [1.29, 1.82) is 0 Å². The van der Waals surface area contributed by atoms with Crippen molar-refractivity contribution >= 4 is 40.9 Å². The minimum absolute atomic E-state index is 0.193. The largest absolute Gasteiger partial charge is 0.479 e. The molecule has 2 aliphatic rings. The Morgan fingerprint density at radius 1 is 1.39 bits per heavy atom. The number of aliphatic hydroxyl groups excluding tert-OH is 1. The third-order valence-electron chi connectivity index (χ3n) is 3.72. The van der Waals surface area contributed by atoms with Crippen molar-refractivity contribution in [3.63, 3.8) is 0 Å². The molecule has 2 aliphatic heterocycles. The highest BCUT2D eigenvalue weighted by molar-refractivity contribution is 8.02. The number of carboxylic acid groups (broad SMARTS) is 1. The molecular weight excluding hydrogens is 340 g/mol. The molecule has 0 saturated carbocycles. The molecule has 1 aromatic heterocycles. The summed E-state index contributed by atoms with van der Waals surface area (Å²) in [7, 11) is 0. The number of thioether (sulfide) groups is 1. The topological polar surface area (TPSA) is 107 Å². The van der Waals surface area contributed by atoms with E-state index in [1.54, 1.807) is 5.41 Å². The van der Waals surface area contributed by atoms with Crippen LogP contribution in [0, 0.1) is 0 Å². The predicted octanol–water partition coefficient (Wildman–Crippen LogP) is 0.0199. The number of hydrogen-bond acceptors (Lipinski definition) is 6. The van der Waals surface area contributed by atoms with Gasteiger partial charge in [0.25, 0.3) is 0 Å². The smallest absolute Gasteiger partial charge is 0.330 e. The Balaban J connectivity index is 1.68. The van der Waals surface area contributed by atoms with E-state index >= 15 is 0 Å². The van der Waals surface area contributed by atoms with Crippen molar-refractivity contribution in [2.24, 2.45) is 0 Å². The van der Waals surface area contributed by atoms with Crippen LogP contribution < -0.4 is 5.32 Å². The second kappa shape index (κ2) is 6.34. The molecule has 2 amide bonds. The fourth-order valence-electron chi connectivity index (χ4n) is 2.64. The lowest BCUT2D eigenvalue weighted by Gasteiger charge is -2.51. The Hall–Kier alpha value is -1.84. The number of aliphatic hydroxyl groups is 1. The van der Waals surface area contributed by atoms with Gasteiger partial charge in [0.2, 0.25) is 11.8 Å². The van der Waals surface area contributed by atoms with E-state index in [-0.39, 0.29) is 17.9 Å². The summed E-state index contributed by atoms with van der Waals surface area (Å²) >= 11 is 2.69. The number of carboxylic acids is 1. The van der Waals surface area contributed by atoms with Gasteiger partial charge in [0, 0.05) is 4.88 Å². The molecular formula is C14H14N2O5S2. The first-order valence-corrected chi connectivity index (χ1v) is 8.67. The van der Waals surface area contributed by atoms with Crippen LogP contribution in [0.5, 0.6) is 0 Å². The molecule has 2 unspecified atom stereocenters. The van der Waals surface area contributed by atoms with Crippen LogP contribution >= 0.6 is 23.1 Å². The van der Waals surface area contributed by atoms with Gasteiger partial charge in [-0.2, -0.15) is 0 Å².